The van der Waals surface area contributed by atoms with Crippen LogP contribution in [0.3, 0.4) is 0 Å². The van der Waals surface area contributed by atoms with Crippen LogP contribution in [0.4, 0.5) is 0 Å². The molecule has 118 valence electrons. The SMILES string of the molecule is CC(C)c1ccc(C(=O)O)c(C2=NC(C)(C(C)C)C[N+]2=O)n1. The third kappa shape index (κ3) is 2.77. The lowest BCUT2D eigenvalue weighted by molar-refractivity contribution is -0.428. The van der Waals surface area contributed by atoms with E-state index in [1.165, 1.54) is 6.07 Å². The first-order chi connectivity index (χ1) is 10.2. The molecular formula is C16H22N3O3+. The highest BCUT2D eigenvalue weighted by Gasteiger charge is 2.49. The van der Waals surface area contributed by atoms with E-state index >= 15 is 0 Å². The zero-order chi connectivity index (χ0) is 16.7. The molecular weight excluding hydrogens is 282 g/mol. The lowest BCUT2D eigenvalue weighted by Crippen LogP contribution is -2.32. The highest BCUT2D eigenvalue weighted by Crippen LogP contribution is 2.29. The fourth-order valence-corrected chi connectivity index (χ4v) is 2.32. The Morgan fingerprint density at radius 3 is 2.41 bits per heavy atom. The maximum Gasteiger partial charge on any atom is 0.383 e. The summed E-state index contributed by atoms with van der Waals surface area (Å²) in [6.07, 6.45) is 0. The summed E-state index contributed by atoms with van der Waals surface area (Å²) in [6, 6.07) is 3.19. The number of hydrogen-bond acceptors (Lipinski definition) is 4. The second-order valence-corrected chi connectivity index (χ2v) is 6.58. The molecule has 0 aliphatic carbocycles. The summed E-state index contributed by atoms with van der Waals surface area (Å²) in [5.41, 5.74) is 0.395. The van der Waals surface area contributed by atoms with Crippen LogP contribution in [0.5, 0.6) is 0 Å². The number of carboxylic acids is 1. The van der Waals surface area contributed by atoms with E-state index in [0.717, 1.165) is 10.5 Å². The molecule has 0 saturated heterocycles. The molecule has 1 aromatic heterocycles. The van der Waals surface area contributed by atoms with Gasteiger partial charge in [0, 0.05) is 11.6 Å². The standard InChI is InChI=1S/C16H21N3O3/c1-9(2)12-7-6-11(15(20)21)13(17-12)14-18-16(5,10(3)4)8-19(14)22/h6-7,9-10H,8H2,1-5H3/p+1. The van der Waals surface area contributed by atoms with Crippen molar-refractivity contribution in [1.82, 2.24) is 4.98 Å². The van der Waals surface area contributed by atoms with E-state index in [0.29, 0.717) is 0 Å². The number of carbonyl (C=O) groups is 1. The van der Waals surface area contributed by atoms with Crippen molar-refractivity contribution in [2.45, 2.75) is 46.1 Å². The molecule has 0 aromatic carbocycles. The predicted molar refractivity (Wildman–Crippen MR) is 83.6 cm³/mol. The lowest BCUT2D eigenvalue weighted by Gasteiger charge is -2.15. The van der Waals surface area contributed by atoms with E-state index in [4.69, 9.17) is 0 Å². The molecule has 2 heterocycles. The summed E-state index contributed by atoms with van der Waals surface area (Å²) in [6.45, 7) is 10.0. The first-order valence-corrected chi connectivity index (χ1v) is 7.45. The second-order valence-electron chi connectivity index (χ2n) is 6.58. The van der Waals surface area contributed by atoms with Gasteiger partial charge in [-0.2, -0.15) is 0 Å². The number of aromatic carboxylic acids is 1. The van der Waals surface area contributed by atoms with E-state index in [-0.39, 0.29) is 35.5 Å². The van der Waals surface area contributed by atoms with Crippen LogP contribution in [0.1, 0.15) is 62.3 Å². The molecule has 1 N–H and O–H groups in total. The van der Waals surface area contributed by atoms with Crippen molar-refractivity contribution in [1.29, 1.82) is 0 Å². The first kappa shape index (κ1) is 16.3. The molecule has 1 atom stereocenters. The Morgan fingerprint density at radius 2 is 1.95 bits per heavy atom. The molecule has 1 aliphatic heterocycles. The van der Waals surface area contributed by atoms with Crippen LogP contribution in [0.25, 0.3) is 0 Å². The van der Waals surface area contributed by atoms with Crippen LogP contribution >= 0.6 is 0 Å². The smallest absolute Gasteiger partial charge is 0.383 e. The molecule has 6 nitrogen and oxygen atoms in total. The average Bonchev–Trinajstić information content (AvgIpc) is 2.74. The Bertz CT molecular complexity index is 665. The minimum Gasteiger partial charge on any atom is -0.478 e. The van der Waals surface area contributed by atoms with Crippen LogP contribution in [0, 0.1) is 10.8 Å². The van der Waals surface area contributed by atoms with Gasteiger partial charge < -0.3 is 5.11 Å². The fraction of sp³-hybridized carbons (Fsp3) is 0.562. The summed E-state index contributed by atoms with van der Waals surface area (Å²) in [7, 11) is 0. The summed E-state index contributed by atoms with van der Waals surface area (Å²) in [4.78, 5) is 32.7. The summed E-state index contributed by atoms with van der Waals surface area (Å²) in [5.74, 6) is -0.675. The average molecular weight is 304 g/mol. The monoisotopic (exact) mass is 304 g/mol. The van der Waals surface area contributed by atoms with Crippen molar-refractivity contribution in [3.8, 4) is 0 Å². The van der Waals surface area contributed by atoms with Crippen LogP contribution in [-0.4, -0.2) is 38.7 Å². The summed E-state index contributed by atoms with van der Waals surface area (Å²) < 4.78 is 0.763. The van der Waals surface area contributed by atoms with Gasteiger partial charge in [-0.25, -0.2) is 9.78 Å². The van der Waals surface area contributed by atoms with E-state index in [2.05, 4.69) is 9.98 Å². The van der Waals surface area contributed by atoms with E-state index in [1.54, 1.807) is 6.07 Å². The van der Waals surface area contributed by atoms with Crippen LogP contribution in [-0.2, 0) is 0 Å². The Labute approximate surface area is 129 Å². The number of hydrogen-bond donors (Lipinski definition) is 1. The molecule has 1 aromatic rings. The van der Waals surface area contributed by atoms with E-state index in [1.807, 2.05) is 34.6 Å². The molecule has 0 spiro atoms. The largest absolute Gasteiger partial charge is 0.478 e. The Balaban J connectivity index is 2.62. The Morgan fingerprint density at radius 1 is 1.32 bits per heavy atom. The van der Waals surface area contributed by atoms with Gasteiger partial charge in [-0.1, -0.05) is 37.6 Å². The summed E-state index contributed by atoms with van der Waals surface area (Å²) >= 11 is 0. The molecule has 1 aliphatic rings. The molecule has 0 radical (unpaired) electrons. The van der Waals surface area contributed by atoms with Crippen LogP contribution < -0.4 is 0 Å². The van der Waals surface area contributed by atoms with Crippen LogP contribution in [0.15, 0.2) is 17.1 Å². The lowest BCUT2D eigenvalue weighted by atomic mass is 9.90. The second kappa shape index (κ2) is 5.59. The Kier molecular flexibility index (Phi) is 4.13. The fourth-order valence-electron chi connectivity index (χ4n) is 2.32. The normalized spacial score (nSPS) is 21.6. The van der Waals surface area contributed by atoms with E-state index in [9.17, 15) is 14.8 Å². The van der Waals surface area contributed by atoms with Gasteiger partial charge in [0.25, 0.3) is 0 Å². The highest BCUT2D eigenvalue weighted by molar-refractivity contribution is 6.03. The van der Waals surface area contributed by atoms with Gasteiger partial charge in [-0.15, -0.1) is 0 Å². The van der Waals surface area contributed by atoms with Crippen molar-refractivity contribution in [2.24, 2.45) is 10.9 Å². The van der Waals surface area contributed by atoms with Gasteiger partial charge in [-0.3, -0.25) is 0 Å². The number of rotatable bonds is 4. The van der Waals surface area contributed by atoms with Gasteiger partial charge in [0.2, 0.25) is 0 Å². The van der Waals surface area contributed by atoms with Crippen molar-refractivity contribution in [3.63, 3.8) is 0 Å². The molecule has 2 rings (SSSR count). The highest BCUT2D eigenvalue weighted by atomic mass is 16.4. The number of nitrogens with zero attached hydrogens (tertiary/aromatic N) is 3. The van der Waals surface area contributed by atoms with Crippen molar-refractivity contribution in [2.75, 3.05) is 6.54 Å². The number of nitroso groups, excluding NO2 is 1. The maximum atomic E-state index is 12.3. The molecule has 0 amide bonds. The molecule has 6 heteroatoms. The van der Waals surface area contributed by atoms with Crippen molar-refractivity contribution < 1.29 is 14.7 Å². The van der Waals surface area contributed by atoms with Gasteiger partial charge in [-0.05, 0) is 29.7 Å². The van der Waals surface area contributed by atoms with Gasteiger partial charge in [0.05, 0.1) is 5.56 Å². The minimum absolute atomic E-state index is 0.0111. The van der Waals surface area contributed by atoms with Crippen LogP contribution in [0.2, 0.25) is 0 Å². The maximum absolute atomic E-state index is 12.3. The molecule has 0 bridgehead atoms. The molecule has 1 unspecified atom stereocenters. The minimum atomic E-state index is -1.10. The summed E-state index contributed by atoms with van der Waals surface area (Å²) in [5, 5.41) is 9.37. The topological polar surface area (TPSA) is 82.6 Å². The number of aromatic nitrogens is 1. The number of carboxylic acid groups (broad SMARTS) is 1. The zero-order valence-corrected chi connectivity index (χ0v) is 13.6. The molecule has 0 saturated carbocycles. The van der Waals surface area contributed by atoms with Gasteiger partial charge >= 0.3 is 11.8 Å². The first-order valence-electron chi connectivity index (χ1n) is 7.45. The van der Waals surface area contributed by atoms with Gasteiger partial charge in [0.1, 0.15) is 0 Å². The Hall–Kier alpha value is -2.11. The predicted octanol–water partition coefficient (Wildman–Crippen LogP) is 2.86. The number of pyridine rings is 1. The molecule has 22 heavy (non-hydrogen) atoms. The van der Waals surface area contributed by atoms with E-state index < -0.39 is 11.5 Å². The third-order valence-electron chi connectivity index (χ3n) is 4.26. The van der Waals surface area contributed by atoms with Gasteiger partial charge in [0.15, 0.2) is 17.8 Å². The number of amidine groups is 1. The number of aliphatic imine (C=N–C) groups is 1. The zero-order valence-electron chi connectivity index (χ0n) is 13.6. The van der Waals surface area contributed by atoms with Crippen molar-refractivity contribution in [3.05, 3.63) is 34.0 Å². The van der Waals surface area contributed by atoms with Crippen molar-refractivity contribution >= 4 is 11.8 Å². The molecule has 0 fully saturated rings. The third-order valence-corrected chi connectivity index (χ3v) is 4.26. The quantitative estimate of drug-likeness (QED) is 0.867.